The summed E-state index contributed by atoms with van der Waals surface area (Å²) in [5.74, 6) is 0.135. The predicted octanol–water partition coefficient (Wildman–Crippen LogP) is 2.37. The number of hydrogen-bond donors (Lipinski definition) is 2. The largest absolute Gasteiger partial charge is 0.391 e. The number of aliphatic hydroxyl groups excluding tert-OH is 1. The number of hydrogen-bond acceptors (Lipinski definition) is 3. The Morgan fingerprint density at radius 3 is 2.89 bits per heavy atom. The van der Waals surface area contributed by atoms with E-state index in [1.165, 1.54) is 23.3 Å². The Morgan fingerprint density at radius 1 is 1.44 bits per heavy atom. The van der Waals surface area contributed by atoms with E-state index in [1.54, 1.807) is 11.3 Å². The van der Waals surface area contributed by atoms with Crippen molar-refractivity contribution >= 4 is 17.2 Å². The molecule has 2 N–H and O–H groups in total. The summed E-state index contributed by atoms with van der Waals surface area (Å²) in [5.41, 5.74) is 2.06. The van der Waals surface area contributed by atoms with Crippen molar-refractivity contribution in [2.24, 2.45) is 5.92 Å². The van der Waals surface area contributed by atoms with Gasteiger partial charge in [0.2, 0.25) is 0 Å². The van der Waals surface area contributed by atoms with Crippen LogP contribution in [-0.4, -0.2) is 23.7 Å². The van der Waals surface area contributed by atoms with Crippen LogP contribution in [0.2, 0.25) is 0 Å². The highest BCUT2D eigenvalue weighted by atomic mass is 32.1. The molecule has 1 aliphatic carbocycles. The van der Waals surface area contributed by atoms with Crippen molar-refractivity contribution in [3.05, 3.63) is 21.4 Å². The lowest BCUT2D eigenvalue weighted by Gasteiger charge is -2.16. The molecule has 0 saturated carbocycles. The molecule has 0 aliphatic heterocycles. The van der Waals surface area contributed by atoms with E-state index in [0.29, 0.717) is 6.54 Å². The van der Waals surface area contributed by atoms with E-state index in [4.69, 9.17) is 0 Å². The highest BCUT2D eigenvalue weighted by Crippen LogP contribution is 2.30. The van der Waals surface area contributed by atoms with Crippen LogP contribution in [0.3, 0.4) is 0 Å². The topological polar surface area (TPSA) is 49.3 Å². The van der Waals surface area contributed by atoms with Crippen molar-refractivity contribution in [1.82, 2.24) is 5.32 Å². The van der Waals surface area contributed by atoms with E-state index < -0.39 is 6.10 Å². The Morgan fingerprint density at radius 2 is 2.17 bits per heavy atom. The lowest BCUT2D eigenvalue weighted by atomic mass is 9.95. The summed E-state index contributed by atoms with van der Waals surface area (Å²) < 4.78 is 0. The van der Waals surface area contributed by atoms with Crippen molar-refractivity contribution < 1.29 is 9.90 Å². The van der Waals surface area contributed by atoms with Crippen LogP contribution in [0.4, 0.5) is 0 Å². The zero-order chi connectivity index (χ0) is 13.1. The molecule has 1 aromatic heterocycles. The molecule has 18 heavy (non-hydrogen) atoms. The van der Waals surface area contributed by atoms with Gasteiger partial charge in [-0.1, -0.05) is 13.8 Å². The Balaban J connectivity index is 1.99. The number of aryl methyl sites for hydroxylation is 1. The second-order valence-electron chi connectivity index (χ2n) is 5.28. The average molecular weight is 267 g/mol. The van der Waals surface area contributed by atoms with Gasteiger partial charge in [-0.15, -0.1) is 11.3 Å². The normalized spacial score (nSPS) is 16.4. The van der Waals surface area contributed by atoms with Crippen LogP contribution in [0.15, 0.2) is 5.38 Å². The number of carbonyl (C=O) groups excluding carboxylic acids is 1. The van der Waals surface area contributed by atoms with Crippen LogP contribution in [0.1, 0.15) is 47.5 Å². The summed E-state index contributed by atoms with van der Waals surface area (Å²) in [6.45, 7) is 4.23. The molecule has 100 valence electrons. The lowest BCUT2D eigenvalue weighted by molar-refractivity contribution is 0.0871. The highest BCUT2D eigenvalue weighted by molar-refractivity contribution is 7.10. The van der Waals surface area contributed by atoms with E-state index in [2.05, 4.69) is 5.32 Å². The minimum absolute atomic E-state index is 0.0332. The Kier molecular flexibility index (Phi) is 4.40. The monoisotopic (exact) mass is 267 g/mol. The molecular formula is C14H21NO2S. The SMILES string of the molecule is CC(C)C(O)CNC(=O)c1csc2c1CCCC2. The molecule has 1 heterocycles. The van der Waals surface area contributed by atoms with Crippen molar-refractivity contribution in [3.8, 4) is 0 Å². The van der Waals surface area contributed by atoms with Gasteiger partial charge in [-0.05, 0) is 37.2 Å². The van der Waals surface area contributed by atoms with Gasteiger partial charge in [0.25, 0.3) is 5.91 Å². The first-order valence-corrected chi connectivity index (χ1v) is 7.53. The number of rotatable bonds is 4. The molecule has 1 amide bonds. The second-order valence-corrected chi connectivity index (χ2v) is 6.24. The van der Waals surface area contributed by atoms with E-state index in [-0.39, 0.29) is 11.8 Å². The third-order valence-electron chi connectivity index (χ3n) is 3.55. The molecule has 0 saturated heterocycles. The zero-order valence-electron chi connectivity index (χ0n) is 11.0. The van der Waals surface area contributed by atoms with Gasteiger partial charge in [0.05, 0.1) is 11.7 Å². The Hall–Kier alpha value is -0.870. The zero-order valence-corrected chi connectivity index (χ0v) is 11.8. The maximum atomic E-state index is 12.1. The van der Waals surface area contributed by atoms with E-state index in [1.807, 2.05) is 19.2 Å². The third kappa shape index (κ3) is 2.93. The number of fused-ring (bicyclic) bond motifs is 1. The summed E-state index contributed by atoms with van der Waals surface area (Å²) in [5, 5.41) is 14.5. The minimum Gasteiger partial charge on any atom is -0.391 e. The maximum absolute atomic E-state index is 12.1. The molecular weight excluding hydrogens is 246 g/mol. The van der Waals surface area contributed by atoms with E-state index in [0.717, 1.165) is 18.4 Å². The molecule has 2 rings (SSSR count). The van der Waals surface area contributed by atoms with E-state index >= 15 is 0 Å². The fraction of sp³-hybridized carbons (Fsp3) is 0.643. The van der Waals surface area contributed by atoms with Gasteiger partial charge in [0.15, 0.2) is 0 Å². The predicted molar refractivity (Wildman–Crippen MR) is 74.1 cm³/mol. The van der Waals surface area contributed by atoms with Gasteiger partial charge >= 0.3 is 0 Å². The summed E-state index contributed by atoms with van der Waals surface area (Å²) in [7, 11) is 0. The fourth-order valence-corrected chi connectivity index (χ4v) is 3.34. The summed E-state index contributed by atoms with van der Waals surface area (Å²) in [6.07, 6.45) is 4.08. The number of carbonyl (C=O) groups is 1. The van der Waals surface area contributed by atoms with Crippen molar-refractivity contribution in [2.75, 3.05) is 6.54 Å². The standard InChI is InChI=1S/C14H21NO2S/c1-9(2)12(16)7-15-14(17)11-8-18-13-6-4-3-5-10(11)13/h8-9,12,16H,3-7H2,1-2H3,(H,15,17). The number of thiophene rings is 1. The molecule has 1 aromatic rings. The molecule has 0 fully saturated rings. The van der Waals surface area contributed by atoms with Crippen LogP contribution in [-0.2, 0) is 12.8 Å². The second kappa shape index (κ2) is 5.85. The van der Waals surface area contributed by atoms with Gasteiger partial charge in [-0.2, -0.15) is 0 Å². The maximum Gasteiger partial charge on any atom is 0.252 e. The summed E-state index contributed by atoms with van der Waals surface area (Å²) in [4.78, 5) is 13.5. The highest BCUT2D eigenvalue weighted by Gasteiger charge is 2.20. The van der Waals surface area contributed by atoms with Crippen LogP contribution in [0.25, 0.3) is 0 Å². The average Bonchev–Trinajstić information content (AvgIpc) is 2.79. The van der Waals surface area contributed by atoms with E-state index in [9.17, 15) is 9.90 Å². The van der Waals surface area contributed by atoms with Crippen molar-refractivity contribution in [3.63, 3.8) is 0 Å². The van der Waals surface area contributed by atoms with Crippen LogP contribution < -0.4 is 5.32 Å². The smallest absolute Gasteiger partial charge is 0.252 e. The molecule has 0 radical (unpaired) electrons. The van der Waals surface area contributed by atoms with Crippen LogP contribution in [0.5, 0.6) is 0 Å². The lowest BCUT2D eigenvalue weighted by Crippen LogP contribution is -2.35. The van der Waals surface area contributed by atoms with Crippen molar-refractivity contribution in [2.45, 2.75) is 45.6 Å². The van der Waals surface area contributed by atoms with Crippen molar-refractivity contribution in [1.29, 1.82) is 0 Å². The quantitative estimate of drug-likeness (QED) is 0.880. The minimum atomic E-state index is -0.469. The first-order valence-electron chi connectivity index (χ1n) is 6.65. The molecule has 0 bridgehead atoms. The van der Waals surface area contributed by atoms with Gasteiger partial charge in [0, 0.05) is 16.8 Å². The number of aliphatic hydroxyl groups is 1. The molecule has 0 spiro atoms. The molecule has 0 aromatic carbocycles. The molecule has 1 unspecified atom stereocenters. The molecule has 4 heteroatoms. The van der Waals surface area contributed by atoms with Crippen LogP contribution >= 0.6 is 11.3 Å². The molecule has 3 nitrogen and oxygen atoms in total. The van der Waals surface area contributed by atoms with Gasteiger partial charge in [0.1, 0.15) is 0 Å². The first-order chi connectivity index (χ1) is 8.59. The van der Waals surface area contributed by atoms with Gasteiger partial charge in [-0.3, -0.25) is 4.79 Å². The van der Waals surface area contributed by atoms with Gasteiger partial charge in [-0.25, -0.2) is 0 Å². The molecule has 1 aliphatic rings. The molecule has 1 atom stereocenters. The Labute approximate surface area is 112 Å². The third-order valence-corrected chi connectivity index (χ3v) is 4.64. The number of amides is 1. The van der Waals surface area contributed by atoms with Crippen LogP contribution in [0, 0.1) is 5.92 Å². The van der Waals surface area contributed by atoms with Gasteiger partial charge < -0.3 is 10.4 Å². The summed E-state index contributed by atoms with van der Waals surface area (Å²) >= 11 is 1.70. The number of nitrogens with one attached hydrogen (secondary N) is 1. The first kappa shape index (κ1) is 13.6. The summed E-state index contributed by atoms with van der Waals surface area (Å²) in [6, 6.07) is 0. The Bertz CT molecular complexity index is 425. The fourth-order valence-electron chi connectivity index (χ4n) is 2.21.